The van der Waals surface area contributed by atoms with Gasteiger partial charge in [-0.15, -0.1) is 0 Å². The summed E-state index contributed by atoms with van der Waals surface area (Å²) in [6.07, 6.45) is 2.29. The fourth-order valence-corrected chi connectivity index (χ4v) is 3.98. The van der Waals surface area contributed by atoms with Crippen LogP contribution in [0.1, 0.15) is 6.42 Å². The molecule has 2 aromatic carbocycles. The van der Waals surface area contributed by atoms with E-state index in [0.717, 1.165) is 22.2 Å². The van der Waals surface area contributed by atoms with Gasteiger partial charge in [0.15, 0.2) is 0 Å². The van der Waals surface area contributed by atoms with Crippen molar-refractivity contribution in [1.29, 1.82) is 0 Å². The van der Waals surface area contributed by atoms with E-state index < -0.39 is 0 Å². The number of hydrogen-bond acceptors (Lipinski definition) is 3. The van der Waals surface area contributed by atoms with Gasteiger partial charge in [-0.05, 0) is 30.3 Å². The second-order valence-electron chi connectivity index (χ2n) is 7.57. The van der Waals surface area contributed by atoms with Crippen molar-refractivity contribution in [2.24, 2.45) is 7.05 Å². The molecule has 0 fully saturated rings. The Morgan fingerprint density at radius 2 is 1.94 bits per heavy atom. The van der Waals surface area contributed by atoms with E-state index in [1.165, 1.54) is 29.2 Å². The van der Waals surface area contributed by atoms with Crippen LogP contribution in [0.5, 0.6) is 0 Å². The number of aryl methyl sites for hydroxylation is 2. The Morgan fingerprint density at radius 1 is 1.16 bits per heavy atom. The predicted octanol–water partition coefficient (Wildman–Crippen LogP) is 3.56. The number of nitrogens with zero attached hydrogens (tertiary/aromatic N) is 4. The van der Waals surface area contributed by atoms with Crippen molar-refractivity contribution < 1.29 is 14.0 Å². The van der Waals surface area contributed by atoms with E-state index in [4.69, 9.17) is 5.10 Å². The first-order valence-electron chi connectivity index (χ1n) is 9.97. The average Bonchev–Trinajstić information content (AvgIpc) is 3.34. The number of rotatable bonds is 4. The van der Waals surface area contributed by atoms with Crippen LogP contribution in [0.3, 0.4) is 0 Å². The molecular formula is C23H20FN5O2. The normalized spacial score (nSPS) is 13.5. The van der Waals surface area contributed by atoms with Gasteiger partial charge in [0.2, 0.25) is 11.8 Å². The van der Waals surface area contributed by atoms with Gasteiger partial charge in [0.1, 0.15) is 18.2 Å². The molecule has 0 spiro atoms. The first-order chi connectivity index (χ1) is 15.0. The molecule has 4 aromatic rings. The monoisotopic (exact) mass is 417 g/mol. The molecule has 8 heteroatoms. The third-order valence-electron chi connectivity index (χ3n) is 5.48. The molecule has 0 unspecified atom stereocenters. The van der Waals surface area contributed by atoms with Crippen LogP contribution in [0.15, 0.2) is 60.8 Å². The summed E-state index contributed by atoms with van der Waals surface area (Å²) in [7, 11) is 1.98. The Morgan fingerprint density at radius 3 is 2.74 bits per heavy atom. The lowest BCUT2D eigenvalue weighted by atomic mass is 10.1. The molecule has 156 valence electrons. The smallest absolute Gasteiger partial charge is 0.244 e. The molecule has 0 atom stereocenters. The van der Waals surface area contributed by atoms with Crippen molar-refractivity contribution in [2.75, 3.05) is 16.8 Å². The second-order valence-corrected chi connectivity index (χ2v) is 7.57. The fraction of sp³-hybridized carbons (Fsp3) is 0.174. The third-order valence-corrected chi connectivity index (χ3v) is 5.48. The molecule has 1 aliphatic rings. The maximum atomic E-state index is 13.1. The van der Waals surface area contributed by atoms with E-state index in [1.54, 1.807) is 4.68 Å². The van der Waals surface area contributed by atoms with E-state index in [1.807, 2.05) is 48.1 Å². The summed E-state index contributed by atoms with van der Waals surface area (Å²) in [5.41, 5.74) is 3.30. The summed E-state index contributed by atoms with van der Waals surface area (Å²) in [5, 5.41) is 8.48. The lowest BCUT2D eigenvalue weighted by molar-refractivity contribution is -0.122. The van der Waals surface area contributed by atoms with Crippen molar-refractivity contribution in [3.8, 4) is 11.3 Å². The Balaban J connectivity index is 1.44. The van der Waals surface area contributed by atoms with Crippen LogP contribution in [0.4, 0.5) is 15.9 Å². The minimum absolute atomic E-state index is 0.133. The molecule has 5 rings (SSSR count). The van der Waals surface area contributed by atoms with Gasteiger partial charge in [0, 0.05) is 47.9 Å². The number of benzene rings is 2. The van der Waals surface area contributed by atoms with E-state index in [2.05, 4.69) is 5.32 Å². The number of carbonyl (C=O) groups is 2. The van der Waals surface area contributed by atoms with Gasteiger partial charge >= 0.3 is 0 Å². The minimum Gasteiger partial charge on any atom is -0.350 e. The summed E-state index contributed by atoms with van der Waals surface area (Å²) in [6, 6.07) is 15.4. The maximum Gasteiger partial charge on any atom is 0.244 e. The Hall–Kier alpha value is -3.94. The maximum absolute atomic E-state index is 13.1. The molecule has 0 radical (unpaired) electrons. The molecule has 0 saturated carbocycles. The van der Waals surface area contributed by atoms with E-state index in [0.29, 0.717) is 18.1 Å². The van der Waals surface area contributed by atoms with Crippen LogP contribution < -0.4 is 10.2 Å². The average molecular weight is 417 g/mol. The van der Waals surface area contributed by atoms with Crippen LogP contribution in [-0.4, -0.2) is 32.7 Å². The second kappa shape index (κ2) is 7.39. The standard InChI is InChI=1S/C23H20FN5O2/c1-27-13-18(17-4-2-3-5-20(17)27)19-12-22-28(23(31)10-11-29(22)26-19)14-21(30)25-16-8-6-15(24)7-9-16/h2-9,12-13H,10-11,14H2,1H3,(H,25,30). The lowest BCUT2D eigenvalue weighted by Crippen LogP contribution is -2.42. The largest absolute Gasteiger partial charge is 0.350 e. The Labute approximate surface area is 177 Å². The van der Waals surface area contributed by atoms with Crippen LogP contribution in [0.2, 0.25) is 0 Å². The fourth-order valence-electron chi connectivity index (χ4n) is 3.98. The van der Waals surface area contributed by atoms with E-state index in [-0.39, 0.29) is 30.6 Å². The Bertz CT molecular complexity index is 1310. The quantitative estimate of drug-likeness (QED) is 0.552. The van der Waals surface area contributed by atoms with Gasteiger partial charge in [0.05, 0.1) is 12.2 Å². The van der Waals surface area contributed by atoms with Crippen LogP contribution in [0, 0.1) is 5.82 Å². The summed E-state index contributed by atoms with van der Waals surface area (Å²) >= 11 is 0. The summed E-state index contributed by atoms with van der Waals surface area (Å²) in [5.74, 6) is -0.282. The molecular weight excluding hydrogens is 397 g/mol. The predicted molar refractivity (Wildman–Crippen MR) is 116 cm³/mol. The zero-order valence-corrected chi connectivity index (χ0v) is 16.9. The summed E-state index contributed by atoms with van der Waals surface area (Å²) in [6.45, 7) is 0.325. The van der Waals surface area contributed by atoms with Crippen LogP contribution in [0.25, 0.3) is 22.2 Å². The number of halogens is 1. The number of anilines is 2. The molecule has 1 aliphatic heterocycles. The van der Waals surface area contributed by atoms with Gasteiger partial charge in [-0.25, -0.2) is 9.07 Å². The molecule has 0 aliphatic carbocycles. The van der Waals surface area contributed by atoms with E-state index >= 15 is 0 Å². The molecule has 0 saturated heterocycles. The zero-order valence-electron chi connectivity index (χ0n) is 16.9. The minimum atomic E-state index is -0.380. The molecule has 3 heterocycles. The molecule has 1 N–H and O–H groups in total. The highest BCUT2D eigenvalue weighted by molar-refractivity contribution is 6.03. The topological polar surface area (TPSA) is 72.2 Å². The highest BCUT2D eigenvalue weighted by atomic mass is 19.1. The number of nitrogens with one attached hydrogen (secondary N) is 1. The summed E-state index contributed by atoms with van der Waals surface area (Å²) in [4.78, 5) is 26.6. The summed E-state index contributed by atoms with van der Waals surface area (Å²) < 4.78 is 16.9. The highest BCUT2D eigenvalue weighted by Gasteiger charge is 2.28. The molecule has 0 bridgehead atoms. The van der Waals surface area contributed by atoms with Crippen molar-refractivity contribution in [1.82, 2.24) is 14.3 Å². The van der Waals surface area contributed by atoms with Crippen LogP contribution in [-0.2, 0) is 23.2 Å². The number of carbonyl (C=O) groups excluding carboxylic acids is 2. The van der Waals surface area contributed by atoms with Gasteiger partial charge in [0.25, 0.3) is 0 Å². The van der Waals surface area contributed by atoms with E-state index in [9.17, 15) is 14.0 Å². The highest BCUT2D eigenvalue weighted by Crippen LogP contribution is 2.33. The van der Waals surface area contributed by atoms with Gasteiger partial charge < -0.3 is 9.88 Å². The Kier molecular flexibility index (Phi) is 4.54. The van der Waals surface area contributed by atoms with Crippen molar-refractivity contribution in [3.05, 3.63) is 66.6 Å². The number of hydrogen-bond donors (Lipinski definition) is 1. The molecule has 2 amide bonds. The number of fused-ring (bicyclic) bond motifs is 2. The van der Waals surface area contributed by atoms with Gasteiger partial charge in [-0.3, -0.25) is 14.5 Å². The zero-order chi connectivity index (χ0) is 21.5. The lowest BCUT2D eigenvalue weighted by Gasteiger charge is -2.26. The van der Waals surface area contributed by atoms with Crippen molar-refractivity contribution in [3.63, 3.8) is 0 Å². The van der Waals surface area contributed by atoms with Gasteiger partial charge in [-0.1, -0.05) is 18.2 Å². The van der Waals surface area contributed by atoms with Crippen molar-refractivity contribution in [2.45, 2.75) is 13.0 Å². The first-order valence-corrected chi connectivity index (χ1v) is 9.97. The number of aromatic nitrogens is 3. The van der Waals surface area contributed by atoms with Crippen LogP contribution >= 0.6 is 0 Å². The number of amides is 2. The molecule has 7 nitrogen and oxygen atoms in total. The molecule has 2 aromatic heterocycles. The first kappa shape index (κ1) is 19.0. The van der Waals surface area contributed by atoms with Crippen molar-refractivity contribution >= 4 is 34.2 Å². The van der Waals surface area contributed by atoms with Gasteiger partial charge in [-0.2, -0.15) is 5.10 Å². The molecule has 31 heavy (non-hydrogen) atoms. The SMILES string of the molecule is Cn1cc(-c2cc3n(n2)CCC(=O)N3CC(=O)Nc2ccc(F)cc2)c2ccccc21. The number of para-hydroxylation sites is 1. The third kappa shape index (κ3) is 3.46.